The summed E-state index contributed by atoms with van der Waals surface area (Å²) in [5.41, 5.74) is 2.82. The fourth-order valence-electron chi connectivity index (χ4n) is 2.22. The van der Waals surface area contributed by atoms with Crippen molar-refractivity contribution in [3.63, 3.8) is 0 Å². The summed E-state index contributed by atoms with van der Waals surface area (Å²) in [4.78, 5) is 10.7. The normalized spacial score (nSPS) is 10.5. The second-order valence-corrected chi connectivity index (χ2v) is 4.55. The fourth-order valence-corrected chi connectivity index (χ4v) is 2.22. The highest BCUT2D eigenvalue weighted by Gasteiger charge is 2.19. The zero-order valence-electron chi connectivity index (χ0n) is 11.3. The molecule has 0 aliphatic rings. The summed E-state index contributed by atoms with van der Waals surface area (Å²) in [6.45, 7) is 1.85. The summed E-state index contributed by atoms with van der Waals surface area (Å²) in [6.07, 6.45) is 0. The van der Waals surface area contributed by atoms with E-state index in [0.29, 0.717) is 11.4 Å². The number of rotatable bonds is 3. The number of para-hydroxylation sites is 2. The van der Waals surface area contributed by atoms with Crippen LogP contribution >= 0.6 is 0 Å². The molecule has 0 amide bonds. The molecule has 3 rings (SSSR count). The van der Waals surface area contributed by atoms with Crippen LogP contribution in [0.2, 0.25) is 0 Å². The number of nitrogens with zero attached hydrogens (tertiary/aromatic N) is 4. The van der Waals surface area contributed by atoms with E-state index in [1.165, 1.54) is 10.7 Å². The van der Waals surface area contributed by atoms with E-state index in [-0.39, 0.29) is 5.69 Å². The third kappa shape index (κ3) is 2.27. The highest BCUT2D eigenvalue weighted by molar-refractivity contribution is 5.63. The second-order valence-electron chi connectivity index (χ2n) is 4.55. The van der Waals surface area contributed by atoms with Gasteiger partial charge in [0.2, 0.25) is 0 Å². The zero-order chi connectivity index (χ0) is 14.8. The van der Waals surface area contributed by atoms with E-state index in [1.807, 2.05) is 37.3 Å². The third-order valence-electron chi connectivity index (χ3n) is 3.25. The maximum atomic E-state index is 11.1. The molecule has 104 valence electrons. The van der Waals surface area contributed by atoms with E-state index in [1.54, 1.807) is 18.2 Å². The lowest BCUT2D eigenvalue weighted by Crippen LogP contribution is -2.03. The van der Waals surface area contributed by atoms with Crippen molar-refractivity contribution in [1.82, 2.24) is 15.0 Å². The van der Waals surface area contributed by atoms with Gasteiger partial charge in [-0.3, -0.25) is 10.1 Å². The minimum atomic E-state index is -0.418. The second kappa shape index (κ2) is 5.16. The van der Waals surface area contributed by atoms with Gasteiger partial charge >= 0.3 is 0 Å². The van der Waals surface area contributed by atoms with E-state index < -0.39 is 4.92 Å². The van der Waals surface area contributed by atoms with Crippen LogP contribution in [0.3, 0.4) is 0 Å². The van der Waals surface area contributed by atoms with Gasteiger partial charge in [0.15, 0.2) is 0 Å². The molecule has 0 fully saturated rings. The molecular formula is C15H12N4O2. The Kier molecular flexibility index (Phi) is 3.19. The Morgan fingerprint density at radius 1 is 1.05 bits per heavy atom. The number of nitro benzene ring substituents is 1. The Balaban J connectivity index is 2.14. The molecule has 0 bridgehead atoms. The van der Waals surface area contributed by atoms with Gasteiger partial charge in [0, 0.05) is 11.6 Å². The highest BCUT2D eigenvalue weighted by Crippen LogP contribution is 2.26. The largest absolute Gasteiger partial charge is 0.294 e. The third-order valence-corrected chi connectivity index (χ3v) is 3.25. The first-order valence-electron chi connectivity index (χ1n) is 6.40. The maximum Gasteiger partial charge on any atom is 0.294 e. The van der Waals surface area contributed by atoms with Gasteiger partial charge in [0.1, 0.15) is 11.4 Å². The lowest BCUT2D eigenvalue weighted by Gasteiger charge is -2.04. The van der Waals surface area contributed by atoms with Crippen LogP contribution in [-0.2, 0) is 0 Å². The molecule has 0 saturated heterocycles. The maximum absolute atomic E-state index is 11.1. The Morgan fingerprint density at radius 3 is 2.43 bits per heavy atom. The van der Waals surface area contributed by atoms with Crippen molar-refractivity contribution in [2.24, 2.45) is 0 Å². The van der Waals surface area contributed by atoms with Gasteiger partial charge in [-0.15, -0.1) is 5.10 Å². The van der Waals surface area contributed by atoms with Crippen LogP contribution < -0.4 is 0 Å². The summed E-state index contributed by atoms with van der Waals surface area (Å²) < 4.78 is 1.50. The van der Waals surface area contributed by atoms with Crippen LogP contribution in [0.5, 0.6) is 0 Å². The molecule has 0 saturated carbocycles. The fraction of sp³-hybridized carbons (Fsp3) is 0.0667. The Hall–Kier alpha value is -3.02. The Bertz CT molecular complexity index is 796. The first-order valence-corrected chi connectivity index (χ1v) is 6.40. The summed E-state index contributed by atoms with van der Waals surface area (Å²) in [5, 5.41) is 19.3. The Morgan fingerprint density at radius 2 is 1.71 bits per heavy atom. The number of hydrogen-bond acceptors (Lipinski definition) is 4. The van der Waals surface area contributed by atoms with E-state index in [4.69, 9.17) is 0 Å². The van der Waals surface area contributed by atoms with Crippen molar-refractivity contribution >= 4 is 5.69 Å². The average molecular weight is 280 g/mol. The van der Waals surface area contributed by atoms with Crippen molar-refractivity contribution in [2.45, 2.75) is 6.92 Å². The predicted octanol–water partition coefficient (Wildman–Crippen LogP) is 3.15. The predicted molar refractivity (Wildman–Crippen MR) is 78.2 cm³/mol. The van der Waals surface area contributed by atoms with Gasteiger partial charge in [-0.05, 0) is 13.0 Å². The molecule has 3 aromatic rings. The quantitative estimate of drug-likeness (QED) is 0.545. The SMILES string of the molecule is Cc1c(-c2ccccc2)nnn1-c1ccccc1[N+](=O)[O-]. The lowest BCUT2D eigenvalue weighted by molar-refractivity contribution is -0.384. The van der Waals surface area contributed by atoms with Crippen LogP contribution in [0.25, 0.3) is 16.9 Å². The van der Waals surface area contributed by atoms with Crippen LogP contribution in [0, 0.1) is 17.0 Å². The van der Waals surface area contributed by atoms with Crippen LogP contribution in [0.4, 0.5) is 5.69 Å². The molecule has 0 unspecified atom stereocenters. The number of aromatic nitrogens is 3. The molecule has 0 aliphatic heterocycles. The van der Waals surface area contributed by atoms with Crippen molar-refractivity contribution in [2.75, 3.05) is 0 Å². The molecule has 0 radical (unpaired) electrons. The summed E-state index contributed by atoms with van der Waals surface area (Å²) in [5.74, 6) is 0. The Labute approximate surface area is 120 Å². The molecule has 0 atom stereocenters. The van der Waals surface area contributed by atoms with Crippen molar-refractivity contribution in [3.05, 3.63) is 70.4 Å². The topological polar surface area (TPSA) is 73.8 Å². The first-order chi connectivity index (χ1) is 10.2. The van der Waals surface area contributed by atoms with Crippen LogP contribution in [-0.4, -0.2) is 19.9 Å². The number of hydrogen-bond donors (Lipinski definition) is 0. The van der Waals surface area contributed by atoms with Gasteiger partial charge in [0.25, 0.3) is 5.69 Å². The molecule has 1 aromatic heterocycles. The molecule has 1 heterocycles. The van der Waals surface area contributed by atoms with Crippen molar-refractivity contribution in [1.29, 1.82) is 0 Å². The van der Waals surface area contributed by atoms with Gasteiger partial charge in [-0.2, -0.15) is 0 Å². The van der Waals surface area contributed by atoms with E-state index in [0.717, 1.165) is 11.3 Å². The lowest BCUT2D eigenvalue weighted by atomic mass is 10.1. The van der Waals surface area contributed by atoms with E-state index in [9.17, 15) is 10.1 Å². The van der Waals surface area contributed by atoms with Crippen LogP contribution in [0.1, 0.15) is 5.69 Å². The van der Waals surface area contributed by atoms with Gasteiger partial charge < -0.3 is 0 Å². The van der Waals surface area contributed by atoms with Crippen molar-refractivity contribution < 1.29 is 4.92 Å². The highest BCUT2D eigenvalue weighted by atomic mass is 16.6. The van der Waals surface area contributed by atoms with E-state index in [2.05, 4.69) is 10.3 Å². The molecule has 0 N–H and O–H groups in total. The zero-order valence-corrected chi connectivity index (χ0v) is 11.3. The average Bonchev–Trinajstić information content (AvgIpc) is 2.89. The molecule has 2 aromatic carbocycles. The standard InChI is InChI=1S/C15H12N4O2/c1-11-15(12-7-3-2-4-8-12)16-17-18(11)13-9-5-6-10-14(13)19(20)21/h2-10H,1H3. The minimum Gasteiger partial charge on any atom is -0.258 e. The molecule has 21 heavy (non-hydrogen) atoms. The van der Waals surface area contributed by atoms with Gasteiger partial charge in [-0.1, -0.05) is 47.7 Å². The summed E-state index contributed by atoms with van der Waals surface area (Å²) in [7, 11) is 0. The monoisotopic (exact) mass is 280 g/mol. The van der Waals surface area contributed by atoms with Gasteiger partial charge in [-0.25, -0.2) is 4.68 Å². The van der Waals surface area contributed by atoms with E-state index >= 15 is 0 Å². The van der Waals surface area contributed by atoms with Gasteiger partial charge in [0.05, 0.1) is 10.6 Å². The number of nitro groups is 1. The number of benzene rings is 2. The molecule has 6 nitrogen and oxygen atoms in total. The van der Waals surface area contributed by atoms with Crippen LogP contribution in [0.15, 0.2) is 54.6 Å². The molecule has 6 heteroatoms. The molecular weight excluding hydrogens is 268 g/mol. The minimum absolute atomic E-state index is 0.00473. The smallest absolute Gasteiger partial charge is 0.258 e. The molecule has 0 aliphatic carbocycles. The molecule has 0 spiro atoms. The first kappa shape index (κ1) is 13.0. The summed E-state index contributed by atoms with van der Waals surface area (Å²) in [6, 6.07) is 16.1. The summed E-state index contributed by atoms with van der Waals surface area (Å²) >= 11 is 0. The van der Waals surface area contributed by atoms with Crippen molar-refractivity contribution in [3.8, 4) is 16.9 Å².